The minimum atomic E-state index is -0.246. The highest BCUT2D eigenvalue weighted by atomic mass is 16.5. The molecule has 1 amide bonds. The molecular formula is C20H18N2O3. The Balaban J connectivity index is 1.75. The molecule has 0 saturated carbocycles. The number of hydrogen-bond donors (Lipinski definition) is 2. The molecule has 0 atom stereocenters. The fourth-order valence-electron chi connectivity index (χ4n) is 2.47. The molecule has 25 heavy (non-hydrogen) atoms. The standard InChI is InChI=1S/C20H18N2O3/c1-25-17-9-7-14(8-10-17)12-21-19(23)16-11-18(20(24)22-13-16)15-5-3-2-4-6-15/h2-11,13H,12H2,1H3,(H,21,23)(H,22,24). The molecule has 0 fully saturated rings. The van der Waals surface area contributed by atoms with E-state index in [-0.39, 0.29) is 11.5 Å². The summed E-state index contributed by atoms with van der Waals surface area (Å²) < 4.78 is 5.11. The maximum absolute atomic E-state index is 12.4. The van der Waals surface area contributed by atoms with E-state index in [0.717, 1.165) is 16.9 Å². The number of aromatic amines is 1. The van der Waals surface area contributed by atoms with Crippen molar-refractivity contribution >= 4 is 5.91 Å². The number of ether oxygens (including phenoxy) is 1. The summed E-state index contributed by atoms with van der Waals surface area (Å²) in [6, 6.07) is 18.3. The Labute approximate surface area is 145 Å². The van der Waals surface area contributed by atoms with Crippen molar-refractivity contribution in [3.8, 4) is 16.9 Å². The maximum Gasteiger partial charge on any atom is 0.255 e. The highest BCUT2D eigenvalue weighted by Gasteiger charge is 2.10. The first kappa shape index (κ1) is 16.5. The molecule has 1 heterocycles. The van der Waals surface area contributed by atoms with E-state index in [0.29, 0.717) is 17.7 Å². The smallest absolute Gasteiger partial charge is 0.255 e. The van der Waals surface area contributed by atoms with E-state index in [4.69, 9.17) is 4.74 Å². The van der Waals surface area contributed by atoms with Gasteiger partial charge in [-0.25, -0.2) is 0 Å². The quantitative estimate of drug-likeness (QED) is 0.753. The van der Waals surface area contributed by atoms with Crippen LogP contribution in [0.4, 0.5) is 0 Å². The van der Waals surface area contributed by atoms with Gasteiger partial charge in [0.15, 0.2) is 0 Å². The fraction of sp³-hybridized carbons (Fsp3) is 0.100. The molecule has 5 nitrogen and oxygen atoms in total. The number of carbonyl (C=O) groups is 1. The van der Waals surface area contributed by atoms with Crippen LogP contribution in [0.15, 0.2) is 71.7 Å². The highest BCUT2D eigenvalue weighted by Crippen LogP contribution is 2.16. The van der Waals surface area contributed by atoms with Gasteiger partial charge in [0.2, 0.25) is 0 Å². The van der Waals surface area contributed by atoms with E-state index >= 15 is 0 Å². The van der Waals surface area contributed by atoms with Crippen molar-refractivity contribution in [1.82, 2.24) is 10.3 Å². The van der Waals surface area contributed by atoms with Crippen LogP contribution in [0.25, 0.3) is 11.1 Å². The molecule has 0 aliphatic carbocycles. The first-order valence-electron chi connectivity index (χ1n) is 7.86. The van der Waals surface area contributed by atoms with Gasteiger partial charge in [0.05, 0.1) is 12.7 Å². The van der Waals surface area contributed by atoms with E-state index in [1.807, 2.05) is 54.6 Å². The zero-order chi connectivity index (χ0) is 17.6. The number of pyridine rings is 1. The van der Waals surface area contributed by atoms with Gasteiger partial charge in [-0.1, -0.05) is 42.5 Å². The molecule has 3 aromatic rings. The zero-order valence-corrected chi connectivity index (χ0v) is 13.8. The molecule has 0 spiro atoms. The van der Waals surface area contributed by atoms with Crippen LogP contribution < -0.4 is 15.6 Å². The lowest BCUT2D eigenvalue weighted by Crippen LogP contribution is -2.24. The molecule has 0 aliphatic rings. The molecule has 1 aromatic heterocycles. The van der Waals surface area contributed by atoms with Crippen LogP contribution in [-0.4, -0.2) is 18.0 Å². The Morgan fingerprint density at radius 3 is 2.48 bits per heavy atom. The minimum Gasteiger partial charge on any atom is -0.497 e. The second-order valence-electron chi connectivity index (χ2n) is 5.53. The molecule has 0 unspecified atom stereocenters. The third-order valence-corrected chi connectivity index (χ3v) is 3.86. The first-order chi connectivity index (χ1) is 12.2. The van der Waals surface area contributed by atoms with E-state index in [9.17, 15) is 9.59 Å². The molecule has 0 radical (unpaired) electrons. The van der Waals surface area contributed by atoms with Crippen molar-refractivity contribution in [2.75, 3.05) is 7.11 Å². The van der Waals surface area contributed by atoms with Gasteiger partial charge < -0.3 is 15.0 Å². The third-order valence-electron chi connectivity index (χ3n) is 3.86. The van der Waals surface area contributed by atoms with E-state index in [1.165, 1.54) is 6.20 Å². The van der Waals surface area contributed by atoms with Gasteiger partial charge in [-0.15, -0.1) is 0 Å². The number of amides is 1. The van der Waals surface area contributed by atoms with Crippen LogP contribution in [0, 0.1) is 0 Å². The van der Waals surface area contributed by atoms with Crippen LogP contribution in [0.5, 0.6) is 5.75 Å². The predicted octanol–water partition coefficient (Wildman–Crippen LogP) is 2.98. The van der Waals surface area contributed by atoms with Crippen molar-refractivity contribution in [2.24, 2.45) is 0 Å². The van der Waals surface area contributed by atoms with Crippen molar-refractivity contribution in [3.63, 3.8) is 0 Å². The first-order valence-corrected chi connectivity index (χ1v) is 7.86. The Hall–Kier alpha value is -3.34. The number of benzene rings is 2. The SMILES string of the molecule is COc1ccc(CNC(=O)c2c[nH]c(=O)c(-c3ccccc3)c2)cc1. The predicted molar refractivity (Wildman–Crippen MR) is 96.7 cm³/mol. The van der Waals surface area contributed by atoms with E-state index in [2.05, 4.69) is 10.3 Å². The Morgan fingerprint density at radius 2 is 1.80 bits per heavy atom. The van der Waals surface area contributed by atoms with Gasteiger partial charge in [-0.2, -0.15) is 0 Å². The Bertz CT molecular complexity index is 916. The fourth-order valence-corrected chi connectivity index (χ4v) is 2.47. The second kappa shape index (κ2) is 7.49. The van der Waals surface area contributed by atoms with Crippen LogP contribution >= 0.6 is 0 Å². The molecular weight excluding hydrogens is 316 g/mol. The molecule has 126 valence electrons. The summed E-state index contributed by atoms with van der Waals surface area (Å²) in [7, 11) is 1.61. The largest absolute Gasteiger partial charge is 0.497 e. The molecule has 2 aromatic carbocycles. The molecule has 0 bridgehead atoms. The number of nitrogens with one attached hydrogen (secondary N) is 2. The van der Waals surface area contributed by atoms with Crippen molar-refractivity contribution in [1.29, 1.82) is 0 Å². The Morgan fingerprint density at radius 1 is 1.08 bits per heavy atom. The summed E-state index contributed by atoms with van der Waals surface area (Å²) in [4.78, 5) is 27.0. The lowest BCUT2D eigenvalue weighted by Gasteiger charge is -2.08. The topological polar surface area (TPSA) is 71.2 Å². The average Bonchev–Trinajstić information content (AvgIpc) is 2.67. The summed E-state index contributed by atoms with van der Waals surface area (Å²) in [5, 5.41) is 2.85. The molecule has 0 aliphatic heterocycles. The number of aromatic nitrogens is 1. The average molecular weight is 334 g/mol. The van der Waals surface area contributed by atoms with Gasteiger partial charge in [0.25, 0.3) is 11.5 Å². The normalized spacial score (nSPS) is 10.3. The van der Waals surface area contributed by atoms with Crippen molar-refractivity contribution < 1.29 is 9.53 Å². The third kappa shape index (κ3) is 3.95. The second-order valence-corrected chi connectivity index (χ2v) is 5.53. The summed E-state index contributed by atoms with van der Waals surface area (Å²) in [6.45, 7) is 0.391. The number of carbonyl (C=O) groups excluding carboxylic acids is 1. The van der Waals surface area contributed by atoms with Gasteiger partial charge in [0, 0.05) is 18.3 Å². The van der Waals surface area contributed by atoms with E-state index in [1.54, 1.807) is 13.2 Å². The molecule has 0 saturated heterocycles. The summed E-state index contributed by atoms with van der Waals surface area (Å²) in [5.74, 6) is 0.521. The number of hydrogen-bond acceptors (Lipinski definition) is 3. The Kier molecular flexibility index (Phi) is 4.95. The molecule has 2 N–H and O–H groups in total. The minimum absolute atomic E-state index is 0.224. The summed E-state index contributed by atoms with van der Waals surface area (Å²) in [6.07, 6.45) is 1.43. The lowest BCUT2D eigenvalue weighted by molar-refractivity contribution is 0.0950. The van der Waals surface area contributed by atoms with Crippen LogP contribution in [-0.2, 0) is 6.54 Å². The number of methoxy groups -OCH3 is 1. The van der Waals surface area contributed by atoms with E-state index < -0.39 is 0 Å². The molecule has 3 rings (SSSR count). The molecule has 5 heteroatoms. The van der Waals surface area contributed by atoms with Gasteiger partial charge in [-0.05, 0) is 29.3 Å². The lowest BCUT2D eigenvalue weighted by atomic mass is 10.1. The summed E-state index contributed by atoms with van der Waals surface area (Å²) in [5.41, 5.74) is 2.39. The van der Waals surface area contributed by atoms with Gasteiger partial charge in [0.1, 0.15) is 5.75 Å². The van der Waals surface area contributed by atoms with Crippen LogP contribution in [0.3, 0.4) is 0 Å². The number of H-pyrrole nitrogens is 1. The monoisotopic (exact) mass is 334 g/mol. The number of rotatable bonds is 5. The zero-order valence-electron chi connectivity index (χ0n) is 13.8. The maximum atomic E-state index is 12.4. The van der Waals surface area contributed by atoms with Crippen LogP contribution in [0.2, 0.25) is 0 Å². The van der Waals surface area contributed by atoms with Crippen molar-refractivity contribution in [3.05, 3.63) is 88.3 Å². The highest BCUT2D eigenvalue weighted by molar-refractivity contribution is 5.95. The van der Waals surface area contributed by atoms with Crippen LogP contribution in [0.1, 0.15) is 15.9 Å². The summed E-state index contributed by atoms with van der Waals surface area (Å²) >= 11 is 0. The van der Waals surface area contributed by atoms with Crippen molar-refractivity contribution in [2.45, 2.75) is 6.54 Å². The van der Waals surface area contributed by atoms with Gasteiger partial charge >= 0.3 is 0 Å². The van der Waals surface area contributed by atoms with Gasteiger partial charge in [-0.3, -0.25) is 9.59 Å².